The van der Waals surface area contributed by atoms with Gasteiger partial charge in [-0.15, -0.1) is 12.4 Å². The molecule has 96 valence electrons. The Hall–Kier alpha value is -0.850. The summed E-state index contributed by atoms with van der Waals surface area (Å²) in [7, 11) is 1.27. The minimum atomic E-state index is -0.795. The molecule has 6 nitrogen and oxygen atoms in total. The van der Waals surface area contributed by atoms with Crippen molar-refractivity contribution < 1.29 is 14.3 Å². The molecule has 0 bridgehead atoms. The summed E-state index contributed by atoms with van der Waals surface area (Å²) in [6, 6.07) is -1.48. The van der Waals surface area contributed by atoms with E-state index in [1.807, 2.05) is 0 Å². The topological polar surface area (TPSA) is 107 Å². The number of carbonyl (C=O) groups is 2. The van der Waals surface area contributed by atoms with Crippen LogP contribution in [-0.4, -0.2) is 37.6 Å². The third kappa shape index (κ3) is 5.29. The average Bonchev–Trinajstić information content (AvgIpc) is 2.22. The highest BCUT2D eigenvalue weighted by atomic mass is 35.5. The number of nitrogens with one attached hydrogen (secondary N) is 1. The molecular formula is C9H20ClN3O3. The van der Waals surface area contributed by atoms with Crippen LogP contribution < -0.4 is 16.8 Å². The number of hydrogen-bond acceptors (Lipinski definition) is 5. The Kier molecular flexibility index (Phi) is 9.12. The molecule has 0 rings (SSSR count). The molecule has 16 heavy (non-hydrogen) atoms. The van der Waals surface area contributed by atoms with Gasteiger partial charge in [0.25, 0.3) is 0 Å². The summed E-state index contributed by atoms with van der Waals surface area (Å²) >= 11 is 0. The molecule has 0 heterocycles. The highest BCUT2D eigenvalue weighted by molar-refractivity contribution is 5.87. The van der Waals surface area contributed by atoms with E-state index in [4.69, 9.17) is 11.5 Å². The fourth-order valence-electron chi connectivity index (χ4n) is 0.992. The van der Waals surface area contributed by atoms with Crippen molar-refractivity contribution in [2.75, 3.05) is 13.7 Å². The Morgan fingerprint density at radius 1 is 1.38 bits per heavy atom. The molecule has 0 aromatic heterocycles. The van der Waals surface area contributed by atoms with E-state index in [9.17, 15) is 9.59 Å². The summed E-state index contributed by atoms with van der Waals surface area (Å²) in [6.45, 7) is 3.64. The molecule has 0 aromatic carbocycles. The minimum Gasteiger partial charge on any atom is -0.467 e. The Labute approximate surface area is 101 Å². The van der Waals surface area contributed by atoms with Gasteiger partial charge in [0.2, 0.25) is 5.91 Å². The lowest BCUT2D eigenvalue weighted by Crippen LogP contribution is -2.53. The molecule has 1 amide bonds. The van der Waals surface area contributed by atoms with E-state index in [-0.39, 0.29) is 24.9 Å². The Balaban J connectivity index is 0. The van der Waals surface area contributed by atoms with Crippen molar-refractivity contribution >= 4 is 24.3 Å². The number of carbonyl (C=O) groups excluding carboxylic acids is 2. The van der Waals surface area contributed by atoms with Gasteiger partial charge < -0.3 is 21.5 Å². The van der Waals surface area contributed by atoms with Gasteiger partial charge in [-0.05, 0) is 5.92 Å². The molecule has 0 unspecified atom stereocenters. The van der Waals surface area contributed by atoms with Gasteiger partial charge in [0.05, 0.1) is 13.2 Å². The second-order valence-corrected chi connectivity index (χ2v) is 3.60. The lowest BCUT2D eigenvalue weighted by atomic mass is 10.0. The van der Waals surface area contributed by atoms with Crippen LogP contribution in [-0.2, 0) is 14.3 Å². The maximum atomic E-state index is 11.4. The van der Waals surface area contributed by atoms with Crippen LogP contribution in [0.25, 0.3) is 0 Å². The van der Waals surface area contributed by atoms with E-state index in [0.717, 1.165) is 0 Å². The number of methoxy groups -OCH3 is 1. The van der Waals surface area contributed by atoms with Crippen molar-refractivity contribution in [2.24, 2.45) is 17.4 Å². The summed E-state index contributed by atoms with van der Waals surface area (Å²) < 4.78 is 4.56. The normalized spacial score (nSPS) is 13.6. The number of esters is 1. The number of rotatable bonds is 5. The molecule has 2 atom stereocenters. The van der Waals surface area contributed by atoms with Gasteiger partial charge in [-0.3, -0.25) is 4.79 Å². The quantitative estimate of drug-likeness (QED) is 0.545. The predicted octanol–water partition coefficient (Wildman–Crippen LogP) is -0.992. The zero-order valence-corrected chi connectivity index (χ0v) is 10.5. The first kappa shape index (κ1) is 17.5. The number of halogens is 1. The lowest BCUT2D eigenvalue weighted by molar-refractivity contribution is -0.146. The van der Waals surface area contributed by atoms with Crippen LogP contribution in [0.3, 0.4) is 0 Å². The van der Waals surface area contributed by atoms with Crippen LogP contribution in [0.5, 0.6) is 0 Å². The van der Waals surface area contributed by atoms with Crippen LogP contribution in [0.15, 0.2) is 0 Å². The first-order chi connectivity index (χ1) is 6.93. The Morgan fingerprint density at radius 2 is 1.88 bits per heavy atom. The molecular weight excluding hydrogens is 234 g/mol. The van der Waals surface area contributed by atoms with E-state index in [2.05, 4.69) is 10.1 Å². The second-order valence-electron chi connectivity index (χ2n) is 3.60. The van der Waals surface area contributed by atoms with Gasteiger partial charge in [0.1, 0.15) is 6.04 Å². The zero-order valence-electron chi connectivity index (χ0n) is 9.73. The molecule has 0 aromatic rings. The highest BCUT2D eigenvalue weighted by Crippen LogP contribution is 2.03. The maximum absolute atomic E-state index is 11.4. The fraction of sp³-hybridized carbons (Fsp3) is 0.778. The summed E-state index contributed by atoms with van der Waals surface area (Å²) in [6.07, 6.45) is 0. The number of amides is 1. The van der Waals surface area contributed by atoms with Gasteiger partial charge in [-0.2, -0.15) is 0 Å². The standard InChI is InChI=1S/C9H19N3O3.ClH/c1-5(2)7(9(14)15-3)12-8(13)6(11)4-10;/h5-7H,4,10-11H2,1-3H3,(H,12,13);1H/t6-,7-;/m0./s1. The molecule has 0 aliphatic heterocycles. The van der Waals surface area contributed by atoms with E-state index in [0.29, 0.717) is 0 Å². The average molecular weight is 254 g/mol. The monoisotopic (exact) mass is 253 g/mol. The van der Waals surface area contributed by atoms with Gasteiger partial charge >= 0.3 is 5.97 Å². The number of hydrogen-bond donors (Lipinski definition) is 3. The maximum Gasteiger partial charge on any atom is 0.328 e. The molecule has 0 saturated carbocycles. The van der Waals surface area contributed by atoms with E-state index >= 15 is 0 Å². The van der Waals surface area contributed by atoms with Gasteiger partial charge in [-0.25, -0.2) is 4.79 Å². The van der Waals surface area contributed by atoms with Gasteiger partial charge in [0.15, 0.2) is 0 Å². The van der Waals surface area contributed by atoms with Crippen LogP contribution in [0, 0.1) is 5.92 Å². The number of ether oxygens (including phenoxy) is 1. The van der Waals surface area contributed by atoms with Crippen molar-refractivity contribution in [3.05, 3.63) is 0 Å². The SMILES string of the molecule is COC(=O)[C@@H](NC(=O)[C@@H](N)CN)C(C)C.Cl. The molecule has 5 N–H and O–H groups in total. The minimum absolute atomic E-state index is 0. The number of nitrogens with two attached hydrogens (primary N) is 2. The Bertz CT molecular complexity index is 236. The summed E-state index contributed by atoms with van der Waals surface area (Å²) in [5.74, 6) is -0.990. The molecule has 0 aliphatic carbocycles. The van der Waals surface area contributed by atoms with E-state index < -0.39 is 24.0 Å². The second kappa shape index (κ2) is 8.32. The molecule has 0 radical (unpaired) electrons. The molecule has 0 aliphatic rings. The smallest absolute Gasteiger partial charge is 0.328 e. The summed E-state index contributed by atoms with van der Waals surface area (Å²) in [5, 5.41) is 2.50. The van der Waals surface area contributed by atoms with Crippen LogP contribution in [0.2, 0.25) is 0 Å². The summed E-state index contributed by atoms with van der Waals surface area (Å²) in [5.41, 5.74) is 10.6. The molecule has 0 fully saturated rings. The third-order valence-electron chi connectivity index (χ3n) is 2.01. The zero-order chi connectivity index (χ0) is 12.0. The third-order valence-corrected chi connectivity index (χ3v) is 2.01. The summed E-state index contributed by atoms with van der Waals surface area (Å²) in [4.78, 5) is 22.7. The van der Waals surface area contributed by atoms with Gasteiger partial charge in [-0.1, -0.05) is 13.8 Å². The Morgan fingerprint density at radius 3 is 2.19 bits per heavy atom. The molecule has 0 saturated heterocycles. The van der Waals surface area contributed by atoms with Crippen molar-refractivity contribution in [3.63, 3.8) is 0 Å². The van der Waals surface area contributed by atoms with E-state index in [1.54, 1.807) is 13.8 Å². The highest BCUT2D eigenvalue weighted by Gasteiger charge is 2.26. The first-order valence-corrected chi connectivity index (χ1v) is 4.77. The van der Waals surface area contributed by atoms with Crippen molar-refractivity contribution in [3.8, 4) is 0 Å². The van der Waals surface area contributed by atoms with Crippen molar-refractivity contribution in [1.29, 1.82) is 0 Å². The lowest BCUT2D eigenvalue weighted by Gasteiger charge is -2.21. The molecule has 0 spiro atoms. The van der Waals surface area contributed by atoms with E-state index in [1.165, 1.54) is 7.11 Å². The van der Waals surface area contributed by atoms with Crippen molar-refractivity contribution in [1.82, 2.24) is 5.32 Å². The molecule has 7 heteroatoms. The fourth-order valence-corrected chi connectivity index (χ4v) is 0.992. The van der Waals surface area contributed by atoms with Gasteiger partial charge in [0, 0.05) is 6.54 Å². The first-order valence-electron chi connectivity index (χ1n) is 4.77. The van der Waals surface area contributed by atoms with Crippen LogP contribution in [0.4, 0.5) is 0 Å². The predicted molar refractivity (Wildman–Crippen MR) is 63.1 cm³/mol. The van der Waals surface area contributed by atoms with Crippen LogP contribution in [0.1, 0.15) is 13.8 Å². The van der Waals surface area contributed by atoms with Crippen LogP contribution >= 0.6 is 12.4 Å². The van der Waals surface area contributed by atoms with Crippen molar-refractivity contribution in [2.45, 2.75) is 25.9 Å². The largest absolute Gasteiger partial charge is 0.467 e.